The predicted molar refractivity (Wildman–Crippen MR) is 325 cm³/mol. The summed E-state index contributed by atoms with van der Waals surface area (Å²) in [5.74, 6) is -0.213. The molecule has 0 aromatic rings. The number of carbonyl (C=O) groups excluding carboxylic acids is 1. The maximum Gasteiger partial charge on any atom is 0.268 e. The van der Waals surface area contributed by atoms with Gasteiger partial charge in [0.05, 0.1) is 39.9 Å². The number of nitrogens with one attached hydrogen (secondary N) is 1. The highest BCUT2D eigenvalue weighted by molar-refractivity contribution is 7.45. The summed E-state index contributed by atoms with van der Waals surface area (Å²) in [5, 5.41) is 13.9. The smallest absolute Gasteiger partial charge is 0.268 e. The molecule has 3 unspecified atom stereocenters. The fourth-order valence-corrected chi connectivity index (χ4v) is 9.17. The van der Waals surface area contributed by atoms with Crippen molar-refractivity contribution in [3.63, 3.8) is 0 Å². The molecule has 0 radical (unpaired) electrons. The number of hydrogen-bond acceptors (Lipinski definition) is 6. The number of unbranched alkanes of at least 4 members (excludes halogenated alkanes) is 26. The quantitative estimate of drug-likeness (QED) is 0.0272. The standard InChI is InChI=1S/C66H117N2O6P/c1-6-8-10-12-14-16-18-20-22-24-26-28-29-30-31-32-33-34-35-36-37-38-39-40-42-44-46-48-50-52-54-56-58-60-66(70)67-64(63-74-75(71,72)73-62-61-68(3,4)5)65(69)59-57-55-53-51-49-47-45-43-41-27-25-23-21-19-17-15-13-11-9-7-2/h8,10,14,16,20,22,26,28,30-31,33-34,36-37,49,51,57,59,64-65,69H,6-7,9,11-13,15,17-19,21,23-25,27,29,32,35,38-48,50,52-56,58,60-63H2,1-5H3,(H-,67,70,71,72)/b10-8-,16-14-,22-20-,28-26-,31-30-,34-33-,37-36-,51-49+,59-57+. The lowest BCUT2D eigenvalue weighted by Crippen LogP contribution is -2.45. The molecule has 1 amide bonds. The molecule has 0 aliphatic carbocycles. The van der Waals surface area contributed by atoms with Crippen molar-refractivity contribution < 1.29 is 32.9 Å². The fourth-order valence-electron chi connectivity index (χ4n) is 8.44. The number of rotatable bonds is 55. The van der Waals surface area contributed by atoms with E-state index in [1.165, 1.54) is 148 Å². The van der Waals surface area contributed by atoms with Crippen molar-refractivity contribution in [2.45, 2.75) is 264 Å². The number of likely N-dealkylation sites (N-methyl/N-ethyl adjacent to an activating group) is 1. The largest absolute Gasteiger partial charge is 0.756 e. The number of phosphoric acid groups is 1. The van der Waals surface area contributed by atoms with Gasteiger partial charge in [0, 0.05) is 6.42 Å². The minimum atomic E-state index is -4.61. The molecule has 0 saturated carbocycles. The van der Waals surface area contributed by atoms with Crippen molar-refractivity contribution in [3.8, 4) is 0 Å². The molecule has 0 aromatic carbocycles. The average Bonchev–Trinajstić information content (AvgIpc) is 3.37. The van der Waals surface area contributed by atoms with Crippen LogP contribution in [0.5, 0.6) is 0 Å². The molecule has 0 bridgehead atoms. The second kappa shape index (κ2) is 55.9. The van der Waals surface area contributed by atoms with Crippen LogP contribution in [0.15, 0.2) is 109 Å². The molecular weight excluding hydrogens is 948 g/mol. The van der Waals surface area contributed by atoms with E-state index in [4.69, 9.17) is 9.05 Å². The van der Waals surface area contributed by atoms with Gasteiger partial charge in [0.15, 0.2) is 0 Å². The lowest BCUT2D eigenvalue weighted by Gasteiger charge is -2.29. The number of phosphoric ester groups is 1. The zero-order chi connectivity index (χ0) is 54.9. The zero-order valence-corrected chi connectivity index (χ0v) is 50.1. The van der Waals surface area contributed by atoms with Crippen LogP contribution < -0.4 is 10.2 Å². The topological polar surface area (TPSA) is 108 Å². The number of nitrogens with zero attached hydrogens (tertiary/aromatic N) is 1. The number of quaternary nitrogens is 1. The molecule has 9 heteroatoms. The number of hydrogen-bond donors (Lipinski definition) is 2. The SMILES string of the molecule is CC/C=C\C/C=C\C/C=C\C/C=C\C/C=C\C/C=C\C/C=C\CCCCCCCCCCCCCC(=O)NC(COP(=O)([O-])OCC[N+](C)(C)C)C(O)/C=C/CC/C=C/CCCCCCCCCCCCCCCC. The summed E-state index contributed by atoms with van der Waals surface area (Å²) in [4.78, 5) is 25.5. The molecule has 0 fully saturated rings. The Hall–Kier alpha value is -2.84. The zero-order valence-electron chi connectivity index (χ0n) is 49.2. The minimum absolute atomic E-state index is 0.0115. The Bertz CT molecular complexity index is 1590. The highest BCUT2D eigenvalue weighted by Gasteiger charge is 2.23. The summed E-state index contributed by atoms with van der Waals surface area (Å²) in [6.07, 6.45) is 81.7. The van der Waals surface area contributed by atoms with E-state index in [0.29, 0.717) is 17.4 Å². The predicted octanol–water partition coefficient (Wildman–Crippen LogP) is 18.5. The highest BCUT2D eigenvalue weighted by Crippen LogP contribution is 2.38. The van der Waals surface area contributed by atoms with Gasteiger partial charge in [-0.2, -0.15) is 0 Å². The molecule has 0 aliphatic heterocycles. The van der Waals surface area contributed by atoms with Gasteiger partial charge in [0.1, 0.15) is 13.2 Å². The molecule has 2 N–H and O–H groups in total. The molecule has 3 atom stereocenters. The first kappa shape index (κ1) is 72.2. The second-order valence-corrected chi connectivity index (χ2v) is 23.1. The molecule has 0 aromatic heterocycles. The summed E-state index contributed by atoms with van der Waals surface area (Å²) in [7, 11) is 1.23. The van der Waals surface area contributed by atoms with Crippen molar-refractivity contribution >= 4 is 13.7 Å². The van der Waals surface area contributed by atoms with Gasteiger partial charge in [-0.1, -0.05) is 264 Å². The Kier molecular flexibility index (Phi) is 53.8. The van der Waals surface area contributed by atoms with Crippen molar-refractivity contribution in [2.24, 2.45) is 0 Å². The highest BCUT2D eigenvalue weighted by atomic mass is 31.2. The third-order valence-electron chi connectivity index (χ3n) is 13.2. The summed E-state index contributed by atoms with van der Waals surface area (Å²) < 4.78 is 23.4. The Balaban J connectivity index is 4.20. The molecule has 0 saturated heterocycles. The van der Waals surface area contributed by atoms with E-state index in [1.54, 1.807) is 6.08 Å². The fraction of sp³-hybridized carbons (Fsp3) is 0.712. The number of aliphatic hydroxyl groups is 1. The lowest BCUT2D eigenvalue weighted by atomic mass is 10.0. The van der Waals surface area contributed by atoms with Gasteiger partial charge in [0.2, 0.25) is 5.91 Å². The molecule has 75 heavy (non-hydrogen) atoms. The first-order valence-electron chi connectivity index (χ1n) is 30.7. The maximum absolute atomic E-state index is 13.0. The van der Waals surface area contributed by atoms with Crippen LogP contribution >= 0.6 is 7.82 Å². The van der Waals surface area contributed by atoms with Gasteiger partial charge in [-0.15, -0.1) is 0 Å². The summed E-state index contributed by atoms with van der Waals surface area (Å²) in [6.45, 7) is 4.52. The first-order valence-corrected chi connectivity index (χ1v) is 32.2. The number of amides is 1. The molecule has 432 valence electrons. The Morgan fingerprint density at radius 1 is 0.480 bits per heavy atom. The first-order chi connectivity index (χ1) is 36.5. The molecule has 0 spiro atoms. The normalized spacial score (nSPS) is 14.6. The van der Waals surface area contributed by atoms with E-state index in [-0.39, 0.29) is 12.5 Å². The van der Waals surface area contributed by atoms with Gasteiger partial charge >= 0.3 is 0 Å². The van der Waals surface area contributed by atoms with Gasteiger partial charge in [-0.25, -0.2) is 0 Å². The molecule has 0 rings (SSSR count). The van der Waals surface area contributed by atoms with Crippen LogP contribution in [-0.2, 0) is 18.4 Å². The van der Waals surface area contributed by atoms with E-state index >= 15 is 0 Å². The number of carbonyl (C=O) groups is 1. The lowest BCUT2D eigenvalue weighted by molar-refractivity contribution is -0.870. The van der Waals surface area contributed by atoms with E-state index in [0.717, 1.165) is 83.5 Å². The monoisotopic (exact) mass is 1060 g/mol. The minimum Gasteiger partial charge on any atom is -0.756 e. The van der Waals surface area contributed by atoms with E-state index in [2.05, 4.69) is 116 Å². The molecule has 0 aliphatic rings. The Labute approximate surface area is 463 Å². The third-order valence-corrected chi connectivity index (χ3v) is 14.2. The van der Waals surface area contributed by atoms with E-state index in [1.807, 2.05) is 27.2 Å². The van der Waals surface area contributed by atoms with Crippen LogP contribution in [0.2, 0.25) is 0 Å². The maximum atomic E-state index is 13.0. The van der Waals surface area contributed by atoms with Gasteiger partial charge < -0.3 is 28.8 Å². The Morgan fingerprint density at radius 3 is 1.24 bits per heavy atom. The van der Waals surface area contributed by atoms with Crippen LogP contribution in [0.25, 0.3) is 0 Å². The van der Waals surface area contributed by atoms with Gasteiger partial charge in [-0.05, 0) is 89.9 Å². The van der Waals surface area contributed by atoms with E-state index in [9.17, 15) is 19.4 Å². The van der Waals surface area contributed by atoms with Gasteiger partial charge in [-0.3, -0.25) is 9.36 Å². The van der Waals surface area contributed by atoms with Crippen LogP contribution in [0.1, 0.15) is 251 Å². The van der Waals surface area contributed by atoms with Crippen molar-refractivity contribution in [1.29, 1.82) is 0 Å². The van der Waals surface area contributed by atoms with E-state index < -0.39 is 26.6 Å². The summed E-state index contributed by atoms with van der Waals surface area (Å²) >= 11 is 0. The van der Waals surface area contributed by atoms with Crippen LogP contribution in [0, 0.1) is 0 Å². The number of allylic oxidation sites excluding steroid dienone is 17. The van der Waals surface area contributed by atoms with Crippen LogP contribution in [0.4, 0.5) is 0 Å². The number of aliphatic hydroxyl groups excluding tert-OH is 1. The Morgan fingerprint density at radius 2 is 0.827 bits per heavy atom. The molecular formula is C66H117N2O6P. The van der Waals surface area contributed by atoms with Crippen molar-refractivity contribution in [2.75, 3.05) is 40.9 Å². The van der Waals surface area contributed by atoms with Crippen LogP contribution in [-0.4, -0.2) is 68.5 Å². The second-order valence-electron chi connectivity index (χ2n) is 21.7. The third kappa shape index (κ3) is 58.7. The molecule has 0 heterocycles. The van der Waals surface area contributed by atoms with Crippen molar-refractivity contribution in [1.82, 2.24) is 5.32 Å². The van der Waals surface area contributed by atoms with Gasteiger partial charge in [0.25, 0.3) is 7.82 Å². The summed E-state index contributed by atoms with van der Waals surface area (Å²) in [6, 6.07) is -0.913. The summed E-state index contributed by atoms with van der Waals surface area (Å²) in [5.41, 5.74) is 0. The van der Waals surface area contributed by atoms with Crippen molar-refractivity contribution in [3.05, 3.63) is 109 Å². The average molecular weight is 1070 g/mol. The molecule has 8 nitrogen and oxygen atoms in total. The van der Waals surface area contributed by atoms with Crippen LogP contribution in [0.3, 0.4) is 0 Å².